The molecular weight excluding hydrogens is 609 g/mol. The second-order valence-electron chi connectivity index (χ2n) is 10.1. The maximum Gasteiger partial charge on any atom is 0.190 e. The Morgan fingerprint density at radius 3 is 1.24 bits per heavy atom. The van der Waals surface area contributed by atoms with Gasteiger partial charge in [-0.2, -0.15) is 0 Å². The van der Waals surface area contributed by atoms with Crippen molar-refractivity contribution in [2.75, 3.05) is 0 Å². The smallest absolute Gasteiger partial charge is 0.190 e. The Morgan fingerprint density at radius 2 is 0.891 bits per heavy atom. The topological polar surface area (TPSA) is 52.6 Å². The third-order valence-electron chi connectivity index (χ3n) is 6.47. The fourth-order valence-electron chi connectivity index (χ4n) is 4.29. The van der Waals surface area contributed by atoms with Crippen molar-refractivity contribution in [2.24, 2.45) is 0 Å². The molecule has 0 aliphatic carbocycles. The summed E-state index contributed by atoms with van der Waals surface area (Å²) in [5.41, 5.74) is 5.00. The lowest BCUT2D eigenvalue weighted by Gasteiger charge is -2.14. The molecule has 0 saturated carbocycles. The van der Waals surface area contributed by atoms with E-state index in [0.29, 0.717) is 35.8 Å². The molecule has 5 rings (SSSR count). The van der Waals surface area contributed by atoms with Gasteiger partial charge in [0.15, 0.2) is 10.2 Å². The second kappa shape index (κ2) is 16.3. The Balaban J connectivity index is 1.52. The van der Waals surface area contributed by atoms with Crippen LogP contribution in [0, 0.1) is 23.7 Å². The zero-order chi connectivity index (χ0) is 32.1. The maximum atomic E-state index is 11.5. The van der Waals surface area contributed by atoms with Gasteiger partial charge in [0.05, 0.1) is 11.1 Å². The molecule has 0 aliphatic rings. The molecule has 0 radical (unpaired) electrons. The first-order valence-electron chi connectivity index (χ1n) is 14.5. The second-order valence-corrected chi connectivity index (χ2v) is 12.6. The van der Waals surface area contributed by atoms with Crippen LogP contribution >= 0.6 is 23.5 Å². The van der Waals surface area contributed by atoms with Crippen LogP contribution in [0.25, 0.3) is 0 Å². The van der Waals surface area contributed by atoms with Crippen LogP contribution in [0.2, 0.25) is 0 Å². The van der Waals surface area contributed by atoms with Crippen molar-refractivity contribution in [2.45, 2.75) is 36.9 Å². The standard InChI is InChI=1S/C40H30O4S2/c1-29(41)45-37-21-15-31(16-22-37)13-19-35-25-40(44-28-34-11-7-4-8-12-34)36(26-39(35)43-27-33-9-5-3-6-10-33)20-14-32-17-23-38(24-18-32)46-30(2)42/h3-12,15-18,21-26H,27-28H2,1-2H3. The summed E-state index contributed by atoms with van der Waals surface area (Å²) in [5.74, 6) is 14.2. The van der Waals surface area contributed by atoms with E-state index in [9.17, 15) is 9.59 Å². The molecule has 0 bridgehead atoms. The van der Waals surface area contributed by atoms with Gasteiger partial charge in [0.1, 0.15) is 24.7 Å². The summed E-state index contributed by atoms with van der Waals surface area (Å²) in [6, 6.07) is 38.8. The minimum absolute atomic E-state index is 0.0364. The van der Waals surface area contributed by atoms with Crippen molar-refractivity contribution < 1.29 is 19.1 Å². The summed E-state index contributed by atoms with van der Waals surface area (Å²) >= 11 is 2.38. The van der Waals surface area contributed by atoms with Crippen molar-refractivity contribution in [3.63, 3.8) is 0 Å². The van der Waals surface area contributed by atoms with Crippen LogP contribution in [-0.4, -0.2) is 10.2 Å². The molecule has 0 spiro atoms. The van der Waals surface area contributed by atoms with Crippen molar-refractivity contribution in [3.8, 4) is 35.2 Å². The number of benzene rings is 5. The van der Waals surface area contributed by atoms with Crippen molar-refractivity contribution >= 4 is 33.8 Å². The number of carbonyl (C=O) groups is 2. The quantitative estimate of drug-likeness (QED) is 0.125. The van der Waals surface area contributed by atoms with Gasteiger partial charge in [-0.05, 0) is 59.7 Å². The van der Waals surface area contributed by atoms with Crippen LogP contribution in [0.15, 0.2) is 131 Å². The fraction of sp³-hybridized carbons (Fsp3) is 0.100. The van der Waals surface area contributed by atoms with Crippen LogP contribution in [0.5, 0.6) is 11.5 Å². The molecule has 0 unspecified atom stereocenters. The molecule has 4 nitrogen and oxygen atoms in total. The van der Waals surface area contributed by atoms with E-state index in [1.54, 1.807) is 13.8 Å². The van der Waals surface area contributed by atoms with E-state index < -0.39 is 0 Å². The summed E-state index contributed by atoms with van der Waals surface area (Å²) in [4.78, 5) is 24.7. The Bertz CT molecular complexity index is 1780. The molecule has 0 N–H and O–H groups in total. The summed E-state index contributed by atoms with van der Waals surface area (Å²) in [7, 11) is 0. The van der Waals surface area contributed by atoms with Crippen LogP contribution in [-0.2, 0) is 22.8 Å². The number of hydrogen-bond donors (Lipinski definition) is 0. The minimum atomic E-state index is 0.0364. The highest BCUT2D eigenvalue weighted by Crippen LogP contribution is 2.30. The Morgan fingerprint density at radius 1 is 0.522 bits per heavy atom. The normalized spacial score (nSPS) is 10.1. The molecule has 0 amide bonds. The predicted molar refractivity (Wildman–Crippen MR) is 186 cm³/mol. The molecule has 0 atom stereocenters. The number of carbonyl (C=O) groups excluding carboxylic acids is 2. The van der Waals surface area contributed by atoms with E-state index in [4.69, 9.17) is 9.47 Å². The average Bonchev–Trinajstić information content (AvgIpc) is 3.06. The van der Waals surface area contributed by atoms with Gasteiger partial charge in [-0.25, -0.2) is 0 Å². The van der Waals surface area contributed by atoms with Crippen molar-refractivity contribution in [3.05, 3.63) is 155 Å². The zero-order valence-corrected chi connectivity index (χ0v) is 27.0. The highest BCUT2D eigenvalue weighted by atomic mass is 32.2. The fourth-order valence-corrected chi connectivity index (χ4v) is 5.50. The molecule has 0 aromatic heterocycles. The van der Waals surface area contributed by atoms with E-state index in [-0.39, 0.29) is 10.2 Å². The lowest BCUT2D eigenvalue weighted by Crippen LogP contribution is -2.01. The van der Waals surface area contributed by atoms with Gasteiger partial charge < -0.3 is 9.47 Å². The van der Waals surface area contributed by atoms with Gasteiger partial charge in [0.2, 0.25) is 0 Å². The van der Waals surface area contributed by atoms with Crippen molar-refractivity contribution in [1.29, 1.82) is 0 Å². The summed E-state index contributed by atoms with van der Waals surface area (Å²) in [6.07, 6.45) is 0. The van der Waals surface area contributed by atoms with Gasteiger partial charge >= 0.3 is 0 Å². The minimum Gasteiger partial charge on any atom is -0.488 e. The molecular formula is C40H30O4S2. The highest BCUT2D eigenvalue weighted by molar-refractivity contribution is 8.13. The third kappa shape index (κ3) is 9.94. The average molecular weight is 639 g/mol. The first-order valence-corrected chi connectivity index (χ1v) is 16.2. The number of thioether (sulfide) groups is 2. The van der Waals surface area contributed by atoms with Crippen LogP contribution in [0.4, 0.5) is 0 Å². The monoisotopic (exact) mass is 638 g/mol. The summed E-state index contributed by atoms with van der Waals surface area (Å²) in [5, 5.41) is 0.0727. The van der Waals surface area contributed by atoms with E-state index in [1.807, 2.05) is 121 Å². The van der Waals surface area contributed by atoms with Gasteiger partial charge in [0, 0.05) is 46.9 Å². The third-order valence-corrected chi connectivity index (χ3v) is 8.06. The van der Waals surface area contributed by atoms with Gasteiger partial charge in [-0.1, -0.05) is 108 Å². The molecule has 226 valence electrons. The first-order chi connectivity index (χ1) is 22.4. The molecule has 46 heavy (non-hydrogen) atoms. The van der Waals surface area contributed by atoms with E-state index in [0.717, 1.165) is 32.0 Å². The Kier molecular flexibility index (Phi) is 11.4. The lowest BCUT2D eigenvalue weighted by atomic mass is 10.1. The Labute approximate surface area is 278 Å². The van der Waals surface area contributed by atoms with E-state index in [1.165, 1.54) is 23.5 Å². The number of rotatable bonds is 8. The van der Waals surface area contributed by atoms with Gasteiger partial charge in [0.25, 0.3) is 0 Å². The van der Waals surface area contributed by atoms with Crippen molar-refractivity contribution in [1.82, 2.24) is 0 Å². The zero-order valence-electron chi connectivity index (χ0n) is 25.4. The SMILES string of the molecule is CC(=O)Sc1ccc(C#Cc2cc(OCc3ccccc3)c(C#Cc3ccc(SC(C)=O)cc3)cc2OCc2ccccc2)cc1. The predicted octanol–water partition coefficient (Wildman–Crippen LogP) is 8.92. The largest absolute Gasteiger partial charge is 0.488 e. The summed E-state index contributed by atoms with van der Waals surface area (Å²) in [6.45, 7) is 3.82. The highest BCUT2D eigenvalue weighted by Gasteiger charge is 2.12. The van der Waals surface area contributed by atoms with Gasteiger partial charge in [-0.15, -0.1) is 0 Å². The molecule has 0 saturated heterocycles. The molecule has 0 heterocycles. The van der Waals surface area contributed by atoms with Gasteiger partial charge in [-0.3, -0.25) is 9.59 Å². The number of ether oxygens (including phenoxy) is 2. The molecule has 5 aromatic carbocycles. The van der Waals surface area contributed by atoms with E-state index in [2.05, 4.69) is 23.7 Å². The first kappa shape index (κ1) is 32.3. The Hall–Kier alpha value is -5.14. The lowest BCUT2D eigenvalue weighted by molar-refractivity contribution is -0.109. The molecule has 0 aliphatic heterocycles. The molecule has 6 heteroatoms. The maximum absolute atomic E-state index is 11.5. The van der Waals surface area contributed by atoms with Crippen LogP contribution in [0.3, 0.4) is 0 Å². The van der Waals surface area contributed by atoms with E-state index >= 15 is 0 Å². The molecule has 5 aromatic rings. The van der Waals surface area contributed by atoms with Crippen LogP contribution in [0.1, 0.15) is 47.2 Å². The molecule has 0 fully saturated rings. The summed E-state index contributed by atoms with van der Waals surface area (Å²) < 4.78 is 12.7. The van der Waals surface area contributed by atoms with Crippen LogP contribution < -0.4 is 9.47 Å². The number of hydrogen-bond acceptors (Lipinski definition) is 6.